The number of rotatable bonds is 2. The molecule has 0 radical (unpaired) electrons. The largest absolute Gasteiger partial charge is 0.450 e. The van der Waals surface area contributed by atoms with Gasteiger partial charge >= 0.3 is 6.09 Å². The highest BCUT2D eigenvalue weighted by molar-refractivity contribution is 9.10. The lowest BCUT2D eigenvalue weighted by Gasteiger charge is -2.11. The zero-order chi connectivity index (χ0) is 15.0. The number of halogens is 1. The molecule has 1 amide bonds. The maximum Gasteiger partial charge on any atom is 0.411 e. The Morgan fingerprint density at radius 1 is 1.29 bits per heavy atom. The molecule has 1 atom stereocenters. The number of aliphatic hydroxyl groups is 1. The van der Waals surface area contributed by atoms with Gasteiger partial charge in [-0.15, -0.1) is 0 Å². The molecule has 0 spiro atoms. The molecule has 2 aromatic rings. The van der Waals surface area contributed by atoms with Crippen molar-refractivity contribution in [2.75, 3.05) is 11.9 Å². The summed E-state index contributed by atoms with van der Waals surface area (Å²) < 4.78 is 5.62. The van der Waals surface area contributed by atoms with Crippen LogP contribution in [0, 0.1) is 0 Å². The average molecular weight is 348 g/mol. The van der Waals surface area contributed by atoms with Gasteiger partial charge in [0.25, 0.3) is 0 Å². The number of nitrogens with one attached hydrogen (secondary N) is 1. The molecular weight excluding hydrogens is 334 g/mol. The normalized spacial score (nSPS) is 15.3. The third kappa shape index (κ3) is 2.43. The van der Waals surface area contributed by atoms with Crippen molar-refractivity contribution in [3.05, 3.63) is 52.0 Å². The SMILES string of the molecule is CCOC(=O)Nc1cc2c(cc1Br)-c1ccccc1C2O. The molecule has 4 nitrogen and oxygen atoms in total. The fraction of sp³-hybridized carbons (Fsp3) is 0.188. The van der Waals surface area contributed by atoms with Crippen molar-refractivity contribution in [1.29, 1.82) is 0 Å². The van der Waals surface area contributed by atoms with E-state index in [2.05, 4.69) is 21.2 Å². The lowest BCUT2D eigenvalue weighted by Crippen LogP contribution is -2.14. The van der Waals surface area contributed by atoms with Crippen molar-refractivity contribution in [3.8, 4) is 11.1 Å². The molecule has 0 aromatic heterocycles. The zero-order valence-electron chi connectivity index (χ0n) is 11.4. The Labute approximate surface area is 130 Å². The molecule has 0 heterocycles. The van der Waals surface area contributed by atoms with E-state index in [0.29, 0.717) is 12.3 Å². The van der Waals surface area contributed by atoms with E-state index in [1.54, 1.807) is 13.0 Å². The number of carbonyl (C=O) groups is 1. The summed E-state index contributed by atoms with van der Waals surface area (Å²) in [5, 5.41) is 13.1. The van der Waals surface area contributed by atoms with Gasteiger partial charge in [-0.25, -0.2) is 4.79 Å². The molecule has 0 fully saturated rings. The van der Waals surface area contributed by atoms with Gasteiger partial charge in [0.1, 0.15) is 6.10 Å². The summed E-state index contributed by atoms with van der Waals surface area (Å²) in [6.45, 7) is 2.06. The van der Waals surface area contributed by atoms with Gasteiger partial charge in [-0.1, -0.05) is 24.3 Å². The Balaban J connectivity index is 2.02. The van der Waals surface area contributed by atoms with E-state index in [0.717, 1.165) is 26.7 Å². The molecular formula is C16H14BrNO3. The van der Waals surface area contributed by atoms with E-state index in [1.165, 1.54) is 0 Å². The summed E-state index contributed by atoms with van der Waals surface area (Å²) in [6, 6.07) is 11.4. The van der Waals surface area contributed by atoms with Crippen molar-refractivity contribution in [2.45, 2.75) is 13.0 Å². The summed E-state index contributed by atoms with van der Waals surface area (Å²) in [4.78, 5) is 11.5. The molecule has 5 heteroatoms. The van der Waals surface area contributed by atoms with E-state index in [1.807, 2.05) is 30.3 Å². The Morgan fingerprint density at radius 2 is 2.05 bits per heavy atom. The molecule has 1 unspecified atom stereocenters. The number of fused-ring (bicyclic) bond motifs is 3. The number of benzene rings is 2. The maximum atomic E-state index is 11.5. The van der Waals surface area contributed by atoms with Crippen LogP contribution in [0.1, 0.15) is 24.2 Å². The minimum atomic E-state index is -0.674. The fourth-order valence-electron chi connectivity index (χ4n) is 2.57. The van der Waals surface area contributed by atoms with Crippen LogP contribution in [-0.2, 0) is 4.74 Å². The highest BCUT2D eigenvalue weighted by Gasteiger charge is 2.28. The highest BCUT2D eigenvalue weighted by Crippen LogP contribution is 2.46. The quantitative estimate of drug-likeness (QED) is 0.860. The molecule has 108 valence electrons. The maximum absolute atomic E-state index is 11.5. The molecule has 21 heavy (non-hydrogen) atoms. The van der Waals surface area contributed by atoms with Crippen LogP contribution in [0.25, 0.3) is 11.1 Å². The predicted octanol–water partition coefficient (Wildman–Crippen LogP) is 4.08. The number of ether oxygens (including phenoxy) is 1. The van der Waals surface area contributed by atoms with Gasteiger partial charge in [0.05, 0.1) is 12.3 Å². The van der Waals surface area contributed by atoms with Crippen LogP contribution < -0.4 is 5.32 Å². The van der Waals surface area contributed by atoms with Crippen LogP contribution in [-0.4, -0.2) is 17.8 Å². The third-order valence-electron chi connectivity index (χ3n) is 3.49. The monoisotopic (exact) mass is 347 g/mol. The number of anilines is 1. The van der Waals surface area contributed by atoms with Gasteiger partial charge in [0.2, 0.25) is 0 Å². The van der Waals surface area contributed by atoms with Crippen molar-refractivity contribution in [1.82, 2.24) is 0 Å². The third-order valence-corrected chi connectivity index (χ3v) is 4.15. The molecule has 2 aromatic carbocycles. The van der Waals surface area contributed by atoms with Gasteiger partial charge in [0, 0.05) is 4.47 Å². The van der Waals surface area contributed by atoms with Crippen molar-refractivity contribution >= 4 is 27.7 Å². The lowest BCUT2D eigenvalue weighted by molar-refractivity contribution is 0.168. The molecule has 2 N–H and O–H groups in total. The summed E-state index contributed by atoms with van der Waals surface area (Å²) in [5.41, 5.74) is 4.24. The lowest BCUT2D eigenvalue weighted by atomic mass is 10.1. The van der Waals surface area contributed by atoms with Crippen molar-refractivity contribution < 1.29 is 14.6 Å². The Hall–Kier alpha value is -1.85. The van der Waals surface area contributed by atoms with E-state index in [9.17, 15) is 9.90 Å². The smallest absolute Gasteiger partial charge is 0.411 e. The minimum absolute atomic E-state index is 0.308. The molecule has 0 aliphatic heterocycles. The highest BCUT2D eigenvalue weighted by atomic mass is 79.9. The number of hydrogen-bond donors (Lipinski definition) is 2. The number of amides is 1. The van der Waals surface area contributed by atoms with Crippen LogP contribution in [0.4, 0.5) is 10.5 Å². The van der Waals surface area contributed by atoms with E-state index < -0.39 is 12.2 Å². The molecule has 0 saturated heterocycles. The zero-order valence-corrected chi connectivity index (χ0v) is 13.0. The Kier molecular flexibility index (Phi) is 3.69. The molecule has 1 aliphatic carbocycles. The van der Waals surface area contributed by atoms with Gasteiger partial charge in [0.15, 0.2) is 0 Å². The van der Waals surface area contributed by atoms with Crippen LogP contribution >= 0.6 is 15.9 Å². The molecule has 0 saturated carbocycles. The summed E-state index contributed by atoms with van der Waals surface area (Å²) in [7, 11) is 0. The second-order valence-electron chi connectivity index (χ2n) is 4.75. The summed E-state index contributed by atoms with van der Waals surface area (Å²) >= 11 is 3.45. The molecule has 3 rings (SSSR count). The second-order valence-corrected chi connectivity index (χ2v) is 5.61. The standard InChI is InChI=1S/C16H14BrNO3/c1-2-21-16(20)18-14-8-12-11(7-13(14)17)9-5-3-4-6-10(9)15(12)19/h3-8,15,19H,2H2,1H3,(H,18,20). The Morgan fingerprint density at radius 3 is 2.81 bits per heavy atom. The van der Waals surface area contributed by atoms with Crippen LogP contribution in [0.3, 0.4) is 0 Å². The van der Waals surface area contributed by atoms with E-state index >= 15 is 0 Å². The first-order chi connectivity index (χ1) is 10.1. The predicted molar refractivity (Wildman–Crippen MR) is 84.3 cm³/mol. The number of carbonyl (C=O) groups excluding carboxylic acids is 1. The molecule has 0 bridgehead atoms. The van der Waals surface area contributed by atoms with Gasteiger partial charge in [-0.05, 0) is 57.2 Å². The van der Waals surface area contributed by atoms with Gasteiger partial charge in [-0.3, -0.25) is 5.32 Å². The first-order valence-corrected chi connectivity index (χ1v) is 7.45. The van der Waals surface area contributed by atoms with E-state index in [-0.39, 0.29) is 0 Å². The van der Waals surface area contributed by atoms with Crippen molar-refractivity contribution in [3.63, 3.8) is 0 Å². The van der Waals surface area contributed by atoms with Crippen molar-refractivity contribution in [2.24, 2.45) is 0 Å². The van der Waals surface area contributed by atoms with Gasteiger partial charge in [-0.2, -0.15) is 0 Å². The minimum Gasteiger partial charge on any atom is -0.450 e. The molecule has 1 aliphatic rings. The van der Waals surface area contributed by atoms with Crippen LogP contribution in [0.15, 0.2) is 40.9 Å². The average Bonchev–Trinajstić information content (AvgIpc) is 2.73. The van der Waals surface area contributed by atoms with Crippen LogP contribution in [0.5, 0.6) is 0 Å². The topological polar surface area (TPSA) is 58.6 Å². The second kappa shape index (κ2) is 5.50. The summed E-state index contributed by atoms with van der Waals surface area (Å²) in [6.07, 6.45) is -1.19. The first kappa shape index (κ1) is 14.1. The Bertz CT molecular complexity index is 715. The fourth-order valence-corrected chi connectivity index (χ4v) is 3.01. The number of hydrogen-bond acceptors (Lipinski definition) is 3. The van der Waals surface area contributed by atoms with Gasteiger partial charge < -0.3 is 9.84 Å². The first-order valence-electron chi connectivity index (χ1n) is 6.66. The van der Waals surface area contributed by atoms with Crippen LogP contribution in [0.2, 0.25) is 0 Å². The van der Waals surface area contributed by atoms with E-state index in [4.69, 9.17) is 4.74 Å². The summed E-state index contributed by atoms with van der Waals surface area (Å²) in [5.74, 6) is 0. The number of aliphatic hydroxyl groups excluding tert-OH is 1.